The predicted molar refractivity (Wildman–Crippen MR) is 136 cm³/mol. The Morgan fingerprint density at radius 3 is 2.20 bits per heavy atom. The molecule has 7 nitrogen and oxygen atoms in total. The van der Waals surface area contributed by atoms with Crippen LogP contribution in [-0.4, -0.2) is 63.8 Å². The van der Waals surface area contributed by atoms with Crippen molar-refractivity contribution in [3.63, 3.8) is 0 Å². The SMILES string of the molecule is CC(=O)N1[C@@H](Cc2ccccc2)[C@@H]2C[C@@]3(C)[C@H](CCCC[C@@H]13)N2C(=O)[C@@H](NC(=O)[C@H](C)N)C(C)C. The Kier molecular flexibility index (Phi) is 7.28. The summed E-state index contributed by atoms with van der Waals surface area (Å²) in [6.45, 7) is 9.53. The lowest BCUT2D eigenvalue weighted by Crippen LogP contribution is -2.62. The minimum Gasteiger partial charge on any atom is -0.343 e. The fourth-order valence-corrected chi connectivity index (χ4v) is 7.08. The second-order valence-corrected chi connectivity index (χ2v) is 11.5. The molecule has 1 saturated carbocycles. The average Bonchev–Trinajstić information content (AvgIpc) is 2.95. The molecule has 2 saturated heterocycles. The molecule has 7 heteroatoms. The number of rotatable bonds is 6. The third-order valence-electron chi connectivity index (χ3n) is 8.76. The molecule has 3 aliphatic rings. The predicted octanol–water partition coefficient (Wildman–Crippen LogP) is 2.87. The smallest absolute Gasteiger partial charge is 0.246 e. The summed E-state index contributed by atoms with van der Waals surface area (Å²) in [6.07, 6.45) is 5.61. The first-order chi connectivity index (χ1) is 16.6. The second-order valence-electron chi connectivity index (χ2n) is 11.5. The maximum absolute atomic E-state index is 14.3. The number of nitrogens with two attached hydrogens (primary N) is 1. The van der Waals surface area contributed by atoms with Crippen molar-refractivity contribution >= 4 is 17.7 Å². The molecule has 1 aliphatic carbocycles. The van der Waals surface area contributed by atoms with Crippen LogP contribution >= 0.6 is 0 Å². The summed E-state index contributed by atoms with van der Waals surface area (Å²) in [4.78, 5) is 44.2. The number of likely N-dealkylation sites (tertiary alicyclic amines) is 2. The Labute approximate surface area is 209 Å². The van der Waals surface area contributed by atoms with Crippen LogP contribution in [0.2, 0.25) is 0 Å². The fourth-order valence-electron chi connectivity index (χ4n) is 7.08. The number of hydrogen-bond donors (Lipinski definition) is 2. The molecule has 2 heterocycles. The van der Waals surface area contributed by atoms with Crippen molar-refractivity contribution in [2.75, 3.05) is 0 Å². The molecule has 0 aromatic heterocycles. The molecule has 7 atom stereocenters. The van der Waals surface area contributed by atoms with Gasteiger partial charge in [0.25, 0.3) is 0 Å². The number of fused-ring (bicyclic) bond motifs is 1. The summed E-state index contributed by atoms with van der Waals surface area (Å²) in [5, 5.41) is 2.94. The van der Waals surface area contributed by atoms with E-state index in [4.69, 9.17) is 5.73 Å². The molecule has 4 rings (SSSR count). The normalized spacial score (nSPS) is 31.6. The van der Waals surface area contributed by atoms with Crippen molar-refractivity contribution in [3.05, 3.63) is 35.9 Å². The van der Waals surface area contributed by atoms with Gasteiger partial charge in [0.2, 0.25) is 17.7 Å². The van der Waals surface area contributed by atoms with E-state index in [0.29, 0.717) is 6.42 Å². The quantitative estimate of drug-likeness (QED) is 0.652. The van der Waals surface area contributed by atoms with Crippen molar-refractivity contribution < 1.29 is 14.4 Å². The second kappa shape index (κ2) is 9.92. The lowest BCUT2D eigenvalue weighted by Gasteiger charge is -2.50. The van der Waals surface area contributed by atoms with Gasteiger partial charge in [-0.05, 0) is 44.1 Å². The van der Waals surface area contributed by atoms with Crippen LogP contribution < -0.4 is 11.1 Å². The van der Waals surface area contributed by atoms with Gasteiger partial charge in [0, 0.05) is 24.4 Å². The molecule has 3 fully saturated rings. The maximum Gasteiger partial charge on any atom is 0.246 e. The molecule has 0 radical (unpaired) electrons. The number of hydrogen-bond acceptors (Lipinski definition) is 4. The van der Waals surface area contributed by atoms with E-state index in [2.05, 4.69) is 34.2 Å². The highest BCUT2D eigenvalue weighted by molar-refractivity contribution is 5.90. The van der Waals surface area contributed by atoms with Crippen LogP contribution in [0.4, 0.5) is 0 Å². The molecule has 2 aliphatic heterocycles. The van der Waals surface area contributed by atoms with Crippen molar-refractivity contribution in [2.45, 2.75) is 109 Å². The van der Waals surface area contributed by atoms with E-state index in [0.717, 1.165) is 32.1 Å². The minimum atomic E-state index is -0.680. The number of amides is 3. The molecule has 3 amide bonds. The summed E-state index contributed by atoms with van der Waals surface area (Å²) in [5.74, 6) is -0.323. The lowest BCUT2D eigenvalue weighted by molar-refractivity contribution is -0.144. The topological polar surface area (TPSA) is 95.7 Å². The molecule has 2 bridgehead atoms. The summed E-state index contributed by atoms with van der Waals surface area (Å²) in [5.41, 5.74) is 6.84. The Bertz CT molecular complexity index is 949. The van der Waals surface area contributed by atoms with Gasteiger partial charge in [-0.2, -0.15) is 0 Å². The molecule has 0 spiro atoms. The van der Waals surface area contributed by atoms with Crippen molar-refractivity contribution in [1.82, 2.24) is 15.1 Å². The number of nitrogens with zero attached hydrogens (tertiary/aromatic N) is 2. The van der Waals surface area contributed by atoms with Crippen LogP contribution in [0.1, 0.15) is 72.3 Å². The maximum atomic E-state index is 14.3. The number of carbonyl (C=O) groups is 3. The first kappa shape index (κ1) is 25.7. The monoisotopic (exact) mass is 482 g/mol. The Morgan fingerprint density at radius 1 is 1.06 bits per heavy atom. The summed E-state index contributed by atoms with van der Waals surface area (Å²) < 4.78 is 0. The third kappa shape index (κ3) is 4.59. The van der Waals surface area contributed by atoms with E-state index in [9.17, 15) is 14.4 Å². The average molecular weight is 483 g/mol. The molecule has 0 unspecified atom stereocenters. The Hall–Kier alpha value is -2.41. The molecule has 1 aromatic rings. The van der Waals surface area contributed by atoms with Gasteiger partial charge in [-0.3, -0.25) is 14.4 Å². The Morgan fingerprint density at radius 2 is 1.66 bits per heavy atom. The molecular formula is C28H42N4O3. The van der Waals surface area contributed by atoms with Crippen LogP contribution in [-0.2, 0) is 20.8 Å². The van der Waals surface area contributed by atoms with Gasteiger partial charge in [0.15, 0.2) is 0 Å². The zero-order valence-corrected chi connectivity index (χ0v) is 21.9. The van der Waals surface area contributed by atoms with E-state index in [1.165, 1.54) is 5.56 Å². The van der Waals surface area contributed by atoms with Gasteiger partial charge >= 0.3 is 0 Å². The molecular weight excluding hydrogens is 440 g/mol. The highest BCUT2D eigenvalue weighted by Gasteiger charge is 2.64. The van der Waals surface area contributed by atoms with E-state index in [1.807, 2.05) is 32.0 Å². The van der Waals surface area contributed by atoms with Crippen molar-refractivity contribution in [3.8, 4) is 0 Å². The van der Waals surface area contributed by atoms with E-state index in [1.54, 1.807) is 13.8 Å². The van der Waals surface area contributed by atoms with Crippen LogP contribution in [0.3, 0.4) is 0 Å². The van der Waals surface area contributed by atoms with Crippen LogP contribution in [0.5, 0.6) is 0 Å². The van der Waals surface area contributed by atoms with Crippen molar-refractivity contribution in [2.24, 2.45) is 17.1 Å². The highest BCUT2D eigenvalue weighted by atomic mass is 16.2. The van der Waals surface area contributed by atoms with Crippen LogP contribution in [0.25, 0.3) is 0 Å². The fraction of sp³-hybridized carbons (Fsp3) is 0.679. The lowest BCUT2D eigenvalue weighted by atomic mass is 9.69. The number of nitrogens with one attached hydrogen (secondary N) is 1. The minimum absolute atomic E-state index is 0.0307. The molecule has 35 heavy (non-hydrogen) atoms. The first-order valence-corrected chi connectivity index (χ1v) is 13.3. The van der Waals surface area contributed by atoms with Gasteiger partial charge < -0.3 is 20.9 Å². The largest absolute Gasteiger partial charge is 0.343 e. The number of carbonyl (C=O) groups excluding carboxylic acids is 3. The zero-order chi connectivity index (χ0) is 25.5. The van der Waals surface area contributed by atoms with E-state index < -0.39 is 12.1 Å². The van der Waals surface area contributed by atoms with Gasteiger partial charge in [-0.1, -0.05) is 63.9 Å². The van der Waals surface area contributed by atoms with E-state index >= 15 is 0 Å². The van der Waals surface area contributed by atoms with E-state index in [-0.39, 0.29) is 53.2 Å². The number of piperidine rings is 1. The Balaban J connectivity index is 1.77. The summed E-state index contributed by atoms with van der Waals surface area (Å²) in [6, 6.07) is 8.95. The van der Waals surface area contributed by atoms with Crippen molar-refractivity contribution in [1.29, 1.82) is 0 Å². The zero-order valence-electron chi connectivity index (χ0n) is 21.9. The molecule has 192 valence electrons. The van der Waals surface area contributed by atoms with Crippen LogP contribution in [0, 0.1) is 11.3 Å². The molecule has 3 N–H and O–H groups in total. The van der Waals surface area contributed by atoms with Gasteiger partial charge in [0.1, 0.15) is 6.04 Å². The van der Waals surface area contributed by atoms with Gasteiger partial charge in [0.05, 0.1) is 18.1 Å². The first-order valence-electron chi connectivity index (χ1n) is 13.3. The number of benzene rings is 1. The summed E-state index contributed by atoms with van der Waals surface area (Å²) in [7, 11) is 0. The van der Waals surface area contributed by atoms with Crippen LogP contribution in [0.15, 0.2) is 30.3 Å². The highest BCUT2D eigenvalue weighted by Crippen LogP contribution is 2.55. The molecule has 1 aromatic carbocycles. The summed E-state index contributed by atoms with van der Waals surface area (Å²) >= 11 is 0. The van der Waals surface area contributed by atoms with Gasteiger partial charge in [-0.25, -0.2) is 0 Å². The standard InChI is InChI=1S/C28H42N4O3/c1-17(2)25(30-26(34)18(3)29)27(35)32-22-16-28(5)23(13-9-10-14-24(28)32)31(19(4)33)21(22)15-20-11-7-6-8-12-20/h6-8,11-12,17-18,21-25H,9-10,13-16,29H2,1-5H3,(H,30,34)/t18-,21-,22-,23+,24-,25-,28+/m0/s1. The third-order valence-corrected chi connectivity index (χ3v) is 8.76. The van der Waals surface area contributed by atoms with Gasteiger partial charge in [-0.15, -0.1) is 0 Å².